The maximum absolute atomic E-state index is 10.4. The molecule has 3 N–H and O–H groups in total. The fraction of sp³-hybridized carbons (Fsp3) is 0.385. The summed E-state index contributed by atoms with van der Waals surface area (Å²) in [5.74, 6) is -1.10. The quantitative estimate of drug-likeness (QED) is 0.275. The van der Waals surface area contributed by atoms with Crippen molar-refractivity contribution >= 4 is 11.5 Å². The second-order valence-corrected chi connectivity index (χ2v) is 4.25. The van der Waals surface area contributed by atoms with Crippen LogP contribution in [0, 0.1) is 0 Å². The number of amidine groups is 1. The number of benzene rings is 1. The van der Waals surface area contributed by atoms with E-state index in [1.54, 1.807) is 0 Å². The Morgan fingerprint density at radius 3 is 2.68 bits per heavy atom. The molecule has 0 radical (unpaired) electrons. The van der Waals surface area contributed by atoms with E-state index in [0.29, 0.717) is 18.9 Å². The molecule has 1 aliphatic rings. The fourth-order valence-corrected chi connectivity index (χ4v) is 2.01. The molecule has 0 fully saturated rings. The van der Waals surface area contributed by atoms with Crippen molar-refractivity contribution < 1.29 is 38.5 Å². The third-order valence-electron chi connectivity index (χ3n) is 2.76. The van der Waals surface area contributed by atoms with Crippen LogP contribution in [0.5, 0.6) is 0 Å². The number of aliphatic hydroxyl groups is 1. The molecule has 1 aliphatic heterocycles. The van der Waals surface area contributed by atoms with Crippen LogP contribution in [0.2, 0.25) is 0 Å². The molecule has 0 aliphatic carbocycles. The van der Waals surface area contributed by atoms with Crippen LogP contribution in [0.4, 0.5) is 0 Å². The molecule has 0 aromatic heterocycles. The first-order chi connectivity index (χ1) is 8.57. The first-order valence-electron chi connectivity index (χ1n) is 5.95. The van der Waals surface area contributed by atoms with Gasteiger partial charge in [0.05, 0.1) is 24.3 Å². The van der Waals surface area contributed by atoms with Gasteiger partial charge in [0.25, 0.3) is 0 Å². The summed E-state index contributed by atoms with van der Waals surface area (Å²) in [6.07, 6.45) is 0.328. The SMILES string of the molecule is CCOC1(O)CC(C)=N[N+]1=C(N)c1ccccc1.[I-]. The number of nitrogens with two attached hydrogens (primary N) is 1. The summed E-state index contributed by atoms with van der Waals surface area (Å²) in [7, 11) is 0. The third-order valence-corrected chi connectivity index (χ3v) is 2.76. The normalized spacial score (nSPS) is 24.7. The van der Waals surface area contributed by atoms with Gasteiger partial charge in [-0.2, -0.15) is 0 Å². The Labute approximate surface area is 129 Å². The molecule has 2 rings (SSSR count). The third kappa shape index (κ3) is 3.31. The number of hydrazone groups is 1. The lowest BCUT2D eigenvalue weighted by atomic mass is 10.2. The van der Waals surface area contributed by atoms with Crippen molar-refractivity contribution in [2.75, 3.05) is 6.61 Å². The maximum Gasteiger partial charge on any atom is 0.350 e. The van der Waals surface area contributed by atoms with Gasteiger partial charge in [0.15, 0.2) is 0 Å². The van der Waals surface area contributed by atoms with Crippen LogP contribution in [-0.2, 0) is 4.74 Å². The highest BCUT2D eigenvalue weighted by atomic mass is 127. The highest BCUT2D eigenvalue weighted by Crippen LogP contribution is 2.23. The van der Waals surface area contributed by atoms with Gasteiger partial charge in [-0.05, 0) is 26.0 Å². The predicted molar refractivity (Wildman–Crippen MR) is 69.3 cm³/mol. The Hall–Kier alpha value is -0.990. The van der Waals surface area contributed by atoms with E-state index >= 15 is 0 Å². The Balaban J connectivity index is 0.00000180. The summed E-state index contributed by atoms with van der Waals surface area (Å²) >= 11 is 0. The second kappa shape index (κ2) is 6.44. The van der Waals surface area contributed by atoms with E-state index < -0.39 is 5.91 Å². The van der Waals surface area contributed by atoms with Gasteiger partial charge >= 0.3 is 11.7 Å². The van der Waals surface area contributed by atoms with Crippen LogP contribution < -0.4 is 29.7 Å². The molecule has 1 aromatic rings. The average Bonchev–Trinajstić information content (AvgIpc) is 2.65. The summed E-state index contributed by atoms with van der Waals surface area (Å²) in [5, 5.41) is 14.7. The van der Waals surface area contributed by atoms with Crippen molar-refractivity contribution in [2.45, 2.75) is 26.2 Å². The van der Waals surface area contributed by atoms with E-state index in [1.165, 1.54) is 4.68 Å². The topological polar surface area (TPSA) is 70.8 Å². The molecule has 1 atom stereocenters. The van der Waals surface area contributed by atoms with Gasteiger partial charge in [-0.3, -0.25) is 5.73 Å². The number of hydrogen-bond acceptors (Lipinski definition) is 3. The van der Waals surface area contributed by atoms with E-state index in [4.69, 9.17) is 10.5 Å². The molecule has 0 spiro atoms. The second-order valence-electron chi connectivity index (χ2n) is 4.25. The summed E-state index contributed by atoms with van der Waals surface area (Å²) in [4.78, 5) is 0. The molecule has 0 bridgehead atoms. The molecule has 6 heteroatoms. The predicted octanol–water partition coefficient (Wildman–Crippen LogP) is -2.13. The van der Waals surface area contributed by atoms with Crippen molar-refractivity contribution in [2.24, 2.45) is 10.8 Å². The lowest BCUT2D eigenvalue weighted by molar-refractivity contribution is -0.710. The molecule has 0 amide bonds. The molecule has 1 aromatic carbocycles. The van der Waals surface area contributed by atoms with Gasteiger partial charge in [0.2, 0.25) is 0 Å². The molecule has 1 unspecified atom stereocenters. The average molecular weight is 375 g/mol. The molecule has 5 nitrogen and oxygen atoms in total. The van der Waals surface area contributed by atoms with Crippen LogP contribution >= 0.6 is 0 Å². The van der Waals surface area contributed by atoms with E-state index in [9.17, 15) is 5.11 Å². The Kier molecular flexibility index (Phi) is 5.45. The largest absolute Gasteiger partial charge is 1.00 e. The molecule has 1 heterocycles. The van der Waals surface area contributed by atoms with Crippen molar-refractivity contribution in [3.05, 3.63) is 35.9 Å². The van der Waals surface area contributed by atoms with E-state index in [-0.39, 0.29) is 24.0 Å². The minimum Gasteiger partial charge on any atom is -1.00 e. The van der Waals surface area contributed by atoms with Gasteiger partial charge < -0.3 is 33.8 Å². The van der Waals surface area contributed by atoms with Crippen molar-refractivity contribution in [3.63, 3.8) is 0 Å². The first kappa shape index (κ1) is 16.1. The number of nitrogens with zero attached hydrogens (tertiary/aromatic N) is 2. The lowest BCUT2D eigenvalue weighted by Gasteiger charge is -2.20. The van der Waals surface area contributed by atoms with Crippen LogP contribution in [0.3, 0.4) is 0 Å². The summed E-state index contributed by atoms with van der Waals surface area (Å²) in [6, 6.07) is 9.41. The highest BCUT2D eigenvalue weighted by Gasteiger charge is 2.45. The standard InChI is InChI=1S/C13H17N3O2.HI/c1-3-18-13(17)9-10(2)15-16(13)12(14)11-7-5-4-6-8-11;/h4-8,14,17H,3,9H2,1-2H3;1H. The van der Waals surface area contributed by atoms with Crippen molar-refractivity contribution in [1.29, 1.82) is 0 Å². The molecule has 0 saturated heterocycles. The molecule has 104 valence electrons. The first-order valence-corrected chi connectivity index (χ1v) is 5.95. The Morgan fingerprint density at radius 2 is 2.11 bits per heavy atom. The van der Waals surface area contributed by atoms with Crippen LogP contribution in [-0.4, -0.2) is 33.9 Å². The van der Waals surface area contributed by atoms with Crippen LogP contribution in [0.25, 0.3) is 0 Å². The highest BCUT2D eigenvalue weighted by molar-refractivity contribution is 5.94. The zero-order valence-electron chi connectivity index (χ0n) is 11.0. The fourth-order valence-electron chi connectivity index (χ4n) is 2.01. The summed E-state index contributed by atoms with van der Waals surface area (Å²) in [6.45, 7) is 4.04. The van der Waals surface area contributed by atoms with Crippen LogP contribution in [0.1, 0.15) is 25.8 Å². The van der Waals surface area contributed by atoms with Gasteiger partial charge in [-0.15, -0.1) is 0 Å². The van der Waals surface area contributed by atoms with Gasteiger partial charge in [-0.25, -0.2) is 0 Å². The minimum atomic E-state index is -1.47. The number of halogens is 1. The Morgan fingerprint density at radius 1 is 1.47 bits per heavy atom. The lowest BCUT2D eigenvalue weighted by Crippen LogP contribution is -3.00. The molecule has 0 saturated carbocycles. The molecular formula is C13H18IN3O2. The van der Waals surface area contributed by atoms with E-state index in [1.807, 2.05) is 44.2 Å². The van der Waals surface area contributed by atoms with Gasteiger partial charge in [-0.1, -0.05) is 28.0 Å². The molecular weight excluding hydrogens is 357 g/mol. The Bertz CT molecular complexity index is 502. The van der Waals surface area contributed by atoms with Gasteiger partial charge in [0.1, 0.15) is 0 Å². The number of ether oxygens (including phenoxy) is 1. The monoisotopic (exact) mass is 375 g/mol. The van der Waals surface area contributed by atoms with E-state index in [0.717, 1.165) is 11.3 Å². The van der Waals surface area contributed by atoms with E-state index in [2.05, 4.69) is 5.10 Å². The number of rotatable bonds is 3. The number of hydrogen-bond donors (Lipinski definition) is 2. The van der Waals surface area contributed by atoms with Gasteiger partial charge in [0, 0.05) is 0 Å². The summed E-state index contributed by atoms with van der Waals surface area (Å²) < 4.78 is 6.73. The zero-order chi connectivity index (χ0) is 13.2. The van der Waals surface area contributed by atoms with Crippen LogP contribution in [0.15, 0.2) is 35.4 Å². The minimum absolute atomic E-state index is 0. The van der Waals surface area contributed by atoms with Crippen molar-refractivity contribution in [1.82, 2.24) is 0 Å². The smallest absolute Gasteiger partial charge is 0.350 e. The maximum atomic E-state index is 10.4. The zero-order valence-corrected chi connectivity index (χ0v) is 13.2. The molecule has 19 heavy (non-hydrogen) atoms. The summed E-state index contributed by atoms with van der Waals surface area (Å²) in [5.41, 5.74) is 7.65. The van der Waals surface area contributed by atoms with Crippen molar-refractivity contribution in [3.8, 4) is 0 Å².